The molecule has 0 spiro atoms. The van der Waals surface area contributed by atoms with Crippen LogP contribution < -0.4 is 9.64 Å². The Balaban J connectivity index is 1.32. The molecule has 0 radical (unpaired) electrons. The standard InChI is InChI=1S/C22H17Cl2NO3/c23-17-2-1-3-18(24)16(17)11-28-15-8-6-14(7-9-15)25-21(26)19-12-4-5-13(10-12)20(19)22(25)27/h1-9,12-13,19-20H,10-11H2/t12-,13+,19-,20+. The van der Waals surface area contributed by atoms with Crippen molar-refractivity contribution in [1.29, 1.82) is 0 Å². The molecular weight excluding hydrogens is 397 g/mol. The molecule has 0 aromatic heterocycles. The van der Waals surface area contributed by atoms with Crippen molar-refractivity contribution in [2.24, 2.45) is 23.7 Å². The highest BCUT2D eigenvalue weighted by atomic mass is 35.5. The Morgan fingerprint density at radius 3 is 2.04 bits per heavy atom. The smallest absolute Gasteiger partial charge is 0.238 e. The number of anilines is 1. The summed E-state index contributed by atoms with van der Waals surface area (Å²) in [7, 11) is 0. The first kappa shape index (κ1) is 17.8. The number of benzene rings is 2. The SMILES string of the molecule is O=C1[C@@H]2[C@H](C(=O)N1c1ccc(OCc3c(Cl)cccc3Cl)cc1)[C@@H]1C=C[C@H]2C1. The predicted molar refractivity (Wildman–Crippen MR) is 107 cm³/mol. The van der Waals surface area contributed by atoms with Crippen LogP contribution in [0.5, 0.6) is 5.75 Å². The largest absolute Gasteiger partial charge is 0.489 e. The minimum absolute atomic E-state index is 0.0802. The summed E-state index contributed by atoms with van der Waals surface area (Å²) in [6.45, 7) is 0.235. The Kier molecular flexibility index (Phi) is 4.22. The number of hydrogen-bond donors (Lipinski definition) is 0. The molecule has 142 valence electrons. The number of imide groups is 1. The molecule has 2 aromatic carbocycles. The molecule has 1 aliphatic heterocycles. The summed E-state index contributed by atoms with van der Waals surface area (Å²) in [6.07, 6.45) is 5.12. The van der Waals surface area contributed by atoms with Gasteiger partial charge in [0.25, 0.3) is 0 Å². The average Bonchev–Trinajstić information content (AvgIpc) is 3.36. The summed E-state index contributed by atoms with van der Waals surface area (Å²) in [5, 5.41) is 1.10. The van der Waals surface area contributed by atoms with E-state index in [2.05, 4.69) is 12.2 Å². The Morgan fingerprint density at radius 1 is 0.893 bits per heavy atom. The van der Waals surface area contributed by atoms with Crippen molar-refractivity contribution < 1.29 is 14.3 Å². The number of carbonyl (C=O) groups is 2. The van der Waals surface area contributed by atoms with Gasteiger partial charge >= 0.3 is 0 Å². The van der Waals surface area contributed by atoms with Crippen LogP contribution in [-0.4, -0.2) is 11.8 Å². The molecule has 2 fully saturated rings. The molecule has 2 bridgehead atoms. The average molecular weight is 414 g/mol. The van der Waals surface area contributed by atoms with Crippen LogP contribution in [-0.2, 0) is 16.2 Å². The van der Waals surface area contributed by atoms with Gasteiger partial charge in [0.1, 0.15) is 12.4 Å². The summed E-state index contributed by atoms with van der Waals surface area (Å²) in [5.74, 6) is 0.480. The molecule has 0 N–H and O–H groups in total. The second-order valence-corrected chi connectivity index (χ2v) is 8.31. The highest BCUT2D eigenvalue weighted by Crippen LogP contribution is 2.53. The van der Waals surface area contributed by atoms with Gasteiger partial charge in [0, 0.05) is 15.6 Å². The van der Waals surface area contributed by atoms with Crippen LogP contribution in [0.4, 0.5) is 5.69 Å². The molecule has 28 heavy (non-hydrogen) atoms. The van der Waals surface area contributed by atoms with Crippen LogP contribution in [0.3, 0.4) is 0 Å². The van der Waals surface area contributed by atoms with E-state index in [0.29, 0.717) is 21.5 Å². The molecule has 4 atom stereocenters. The van der Waals surface area contributed by atoms with E-state index in [-0.39, 0.29) is 42.1 Å². The number of fused-ring (bicyclic) bond motifs is 5. The van der Waals surface area contributed by atoms with Gasteiger partial charge in [-0.3, -0.25) is 14.5 Å². The summed E-state index contributed by atoms with van der Waals surface area (Å²) in [4.78, 5) is 27.1. The highest BCUT2D eigenvalue weighted by molar-refractivity contribution is 6.36. The van der Waals surface area contributed by atoms with Crippen LogP contribution in [0, 0.1) is 23.7 Å². The normalized spacial score (nSPS) is 27.6. The van der Waals surface area contributed by atoms with Crippen LogP contribution in [0.2, 0.25) is 10.0 Å². The summed E-state index contributed by atoms with van der Waals surface area (Å²) < 4.78 is 5.78. The van der Waals surface area contributed by atoms with E-state index in [9.17, 15) is 9.59 Å². The summed E-state index contributed by atoms with van der Waals surface area (Å²) >= 11 is 12.3. The summed E-state index contributed by atoms with van der Waals surface area (Å²) in [6, 6.07) is 12.3. The van der Waals surface area contributed by atoms with Crippen molar-refractivity contribution in [2.45, 2.75) is 13.0 Å². The first-order chi connectivity index (χ1) is 13.5. The van der Waals surface area contributed by atoms with E-state index in [4.69, 9.17) is 27.9 Å². The maximum Gasteiger partial charge on any atom is 0.238 e. The lowest BCUT2D eigenvalue weighted by atomic mass is 9.85. The minimum atomic E-state index is -0.194. The minimum Gasteiger partial charge on any atom is -0.489 e. The second-order valence-electron chi connectivity index (χ2n) is 7.49. The molecule has 1 heterocycles. The van der Waals surface area contributed by atoms with Crippen LogP contribution in [0.1, 0.15) is 12.0 Å². The molecule has 3 aliphatic rings. The molecule has 0 unspecified atom stereocenters. The zero-order valence-corrected chi connectivity index (χ0v) is 16.4. The predicted octanol–water partition coefficient (Wildman–Crippen LogP) is 4.88. The Morgan fingerprint density at radius 2 is 1.46 bits per heavy atom. The monoisotopic (exact) mass is 413 g/mol. The van der Waals surface area contributed by atoms with Gasteiger partial charge in [-0.25, -0.2) is 0 Å². The number of allylic oxidation sites excluding steroid dienone is 2. The lowest BCUT2D eigenvalue weighted by molar-refractivity contribution is -0.123. The van der Waals surface area contributed by atoms with Gasteiger partial charge in [0.2, 0.25) is 11.8 Å². The summed E-state index contributed by atoms with van der Waals surface area (Å²) in [5.41, 5.74) is 1.31. The van der Waals surface area contributed by atoms with Gasteiger partial charge in [-0.05, 0) is 54.7 Å². The molecule has 2 aromatic rings. The molecule has 2 aliphatic carbocycles. The van der Waals surface area contributed by atoms with E-state index in [1.165, 1.54) is 4.90 Å². The fraction of sp³-hybridized carbons (Fsp3) is 0.273. The van der Waals surface area contributed by atoms with Crippen molar-refractivity contribution in [3.63, 3.8) is 0 Å². The maximum absolute atomic E-state index is 12.9. The molecule has 4 nitrogen and oxygen atoms in total. The van der Waals surface area contributed by atoms with Crippen LogP contribution in [0.15, 0.2) is 54.6 Å². The van der Waals surface area contributed by atoms with Crippen molar-refractivity contribution in [3.05, 3.63) is 70.2 Å². The maximum atomic E-state index is 12.9. The van der Waals surface area contributed by atoms with Crippen molar-refractivity contribution in [1.82, 2.24) is 0 Å². The lowest BCUT2D eigenvalue weighted by Crippen LogP contribution is -2.32. The van der Waals surface area contributed by atoms with Crippen LogP contribution >= 0.6 is 23.2 Å². The Hall–Kier alpha value is -2.30. The van der Waals surface area contributed by atoms with Gasteiger partial charge < -0.3 is 4.74 Å². The zero-order valence-electron chi connectivity index (χ0n) is 14.8. The Bertz CT molecular complexity index is 951. The van der Waals surface area contributed by atoms with Gasteiger partial charge in [-0.15, -0.1) is 0 Å². The third-order valence-electron chi connectivity index (χ3n) is 6.01. The van der Waals surface area contributed by atoms with Crippen molar-refractivity contribution in [3.8, 4) is 5.75 Å². The highest BCUT2D eigenvalue weighted by Gasteiger charge is 2.59. The number of hydrogen-bond acceptors (Lipinski definition) is 3. The van der Waals surface area contributed by atoms with E-state index in [1.54, 1.807) is 42.5 Å². The third-order valence-corrected chi connectivity index (χ3v) is 6.72. The van der Waals surface area contributed by atoms with Gasteiger partial charge in [0.05, 0.1) is 17.5 Å². The van der Waals surface area contributed by atoms with E-state index in [1.807, 2.05) is 0 Å². The fourth-order valence-electron chi connectivity index (χ4n) is 4.67. The third kappa shape index (κ3) is 2.66. The van der Waals surface area contributed by atoms with Crippen molar-refractivity contribution in [2.75, 3.05) is 4.90 Å². The number of amides is 2. The van der Waals surface area contributed by atoms with Crippen LogP contribution in [0.25, 0.3) is 0 Å². The van der Waals surface area contributed by atoms with Gasteiger partial charge in [0.15, 0.2) is 0 Å². The van der Waals surface area contributed by atoms with Crippen molar-refractivity contribution >= 4 is 40.7 Å². The topological polar surface area (TPSA) is 46.6 Å². The molecular formula is C22H17Cl2NO3. The van der Waals surface area contributed by atoms with E-state index >= 15 is 0 Å². The molecule has 1 saturated heterocycles. The molecule has 1 saturated carbocycles. The number of carbonyl (C=O) groups excluding carboxylic acids is 2. The number of nitrogens with zero attached hydrogens (tertiary/aromatic N) is 1. The van der Waals surface area contributed by atoms with Gasteiger partial charge in [-0.2, -0.15) is 0 Å². The van der Waals surface area contributed by atoms with E-state index < -0.39 is 0 Å². The second kappa shape index (κ2) is 6.64. The number of ether oxygens (including phenoxy) is 1. The Labute approximate surface area is 172 Å². The first-order valence-electron chi connectivity index (χ1n) is 9.26. The molecule has 6 heteroatoms. The van der Waals surface area contributed by atoms with Gasteiger partial charge in [-0.1, -0.05) is 41.4 Å². The first-order valence-corrected chi connectivity index (χ1v) is 10.0. The van der Waals surface area contributed by atoms with E-state index in [0.717, 1.165) is 12.0 Å². The lowest BCUT2D eigenvalue weighted by Gasteiger charge is -2.18. The molecule has 5 rings (SSSR count). The number of rotatable bonds is 4. The zero-order chi connectivity index (χ0) is 19.4. The fourth-order valence-corrected chi connectivity index (χ4v) is 5.18. The quantitative estimate of drug-likeness (QED) is 0.529. The number of halogens is 2. The molecule has 2 amide bonds.